The first-order valence-electron chi connectivity index (χ1n) is 6.26. The van der Waals surface area contributed by atoms with Crippen molar-refractivity contribution in [1.82, 2.24) is 0 Å². The van der Waals surface area contributed by atoms with E-state index in [9.17, 15) is 10.1 Å². The smallest absolute Gasteiger partial charge is 0.282 e. The molecule has 1 aromatic rings. The molecule has 2 rings (SSSR count). The molecule has 1 fully saturated rings. The second-order valence-corrected chi connectivity index (χ2v) is 6.19. The Hall–Kier alpha value is -0.850. The molecule has 1 aromatic carbocycles. The number of nitro benzene ring substituents is 1. The zero-order chi connectivity index (χ0) is 13.1. The topological polar surface area (TPSA) is 55.2 Å². The number of hydrogen-bond donors (Lipinski definition) is 1. The summed E-state index contributed by atoms with van der Waals surface area (Å²) in [6, 6.07) is 5.75. The van der Waals surface area contributed by atoms with E-state index in [0.717, 1.165) is 11.6 Å². The van der Waals surface area contributed by atoms with Gasteiger partial charge in [-0.05, 0) is 66.3 Å². The van der Waals surface area contributed by atoms with E-state index in [2.05, 4.69) is 12.2 Å². The van der Waals surface area contributed by atoms with Gasteiger partial charge in [-0.2, -0.15) is 0 Å². The van der Waals surface area contributed by atoms with Crippen LogP contribution in [0.3, 0.4) is 0 Å². The summed E-state index contributed by atoms with van der Waals surface area (Å²) in [6.45, 7) is 2.30. The minimum absolute atomic E-state index is 0.179. The van der Waals surface area contributed by atoms with Gasteiger partial charge in [0.15, 0.2) is 0 Å². The van der Waals surface area contributed by atoms with Crippen LogP contribution < -0.4 is 5.32 Å². The number of anilines is 1. The van der Waals surface area contributed by atoms with Crippen LogP contribution in [0.4, 0.5) is 11.4 Å². The monoisotopic (exact) mass is 360 g/mol. The third kappa shape index (κ3) is 3.34. The molecule has 1 N–H and O–H groups in total. The van der Waals surface area contributed by atoms with Crippen molar-refractivity contribution in [3.63, 3.8) is 0 Å². The highest BCUT2D eigenvalue weighted by atomic mass is 127. The molecular weight excluding hydrogens is 343 g/mol. The number of nitrogens with zero attached hydrogens (tertiary/aromatic N) is 1. The molecule has 0 bridgehead atoms. The summed E-state index contributed by atoms with van der Waals surface area (Å²) in [4.78, 5) is 10.4. The van der Waals surface area contributed by atoms with Crippen molar-refractivity contribution in [3.05, 3.63) is 31.9 Å². The van der Waals surface area contributed by atoms with Gasteiger partial charge in [0.25, 0.3) is 5.69 Å². The molecule has 0 atom stereocenters. The summed E-state index contributed by atoms with van der Waals surface area (Å²) in [5, 5.41) is 14.2. The Morgan fingerprint density at radius 1 is 1.33 bits per heavy atom. The fourth-order valence-electron chi connectivity index (χ4n) is 2.38. The molecular formula is C13H17IN2O2. The predicted molar refractivity (Wildman–Crippen MR) is 80.9 cm³/mol. The van der Waals surface area contributed by atoms with Gasteiger partial charge in [-0.3, -0.25) is 10.1 Å². The molecule has 0 heterocycles. The lowest BCUT2D eigenvalue weighted by Crippen LogP contribution is -2.25. The molecule has 0 unspecified atom stereocenters. The van der Waals surface area contributed by atoms with Gasteiger partial charge in [0.2, 0.25) is 0 Å². The van der Waals surface area contributed by atoms with Crippen LogP contribution in [-0.2, 0) is 0 Å². The van der Waals surface area contributed by atoms with Crippen molar-refractivity contribution in [3.8, 4) is 0 Å². The molecule has 5 heteroatoms. The Balaban J connectivity index is 2.02. The van der Waals surface area contributed by atoms with E-state index in [4.69, 9.17) is 0 Å². The van der Waals surface area contributed by atoms with Crippen LogP contribution in [0, 0.1) is 19.6 Å². The zero-order valence-corrected chi connectivity index (χ0v) is 12.5. The molecule has 1 saturated carbocycles. The Morgan fingerprint density at radius 3 is 2.56 bits per heavy atom. The highest BCUT2D eigenvalue weighted by Gasteiger charge is 2.19. The first-order valence-corrected chi connectivity index (χ1v) is 7.34. The van der Waals surface area contributed by atoms with Gasteiger partial charge in [-0.15, -0.1) is 0 Å². The molecule has 0 amide bonds. The summed E-state index contributed by atoms with van der Waals surface area (Å²) < 4.78 is 0.687. The summed E-state index contributed by atoms with van der Waals surface area (Å²) in [6.07, 6.45) is 4.91. The summed E-state index contributed by atoms with van der Waals surface area (Å²) in [5.41, 5.74) is 1.17. The molecule has 0 aliphatic heterocycles. The normalized spacial score (nSPS) is 23.7. The van der Waals surface area contributed by atoms with Crippen LogP contribution in [0.5, 0.6) is 0 Å². The molecule has 1 aliphatic carbocycles. The van der Waals surface area contributed by atoms with E-state index in [1.165, 1.54) is 25.7 Å². The maximum atomic E-state index is 10.7. The van der Waals surface area contributed by atoms with E-state index in [1.807, 2.05) is 28.7 Å². The minimum atomic E-state index is -0.339. The average molecular weight is 360 g/mol. The Labute approximate surface area is 120 Å². The molecule has 4 nitrogen and oxygen atoms in total. The summed E-state index contributed by atoms with van der Waals surface area (Å²) >= 11 is 2.02. The Bertz CT molecular complexity index is 443. The standard InChI is InChI=1S/C13H17IN2O2/c1-9-2-4-10(5-3-9)15-11-6-7-13(16(17)18)12(14)8-11/h6-10,15H,2-5H2,1H3. The van der Waals surface area contributed by atoms with E-state index >= 15 is 0 Å². The molecule has 0 radical (unpaired) electrons. The predicted octanol–water partition coefficient (Wildman–Crippen LogP) is 4.19. The number of nitrogens with one attached hydrogen (secondary N) is 1. The van der Waals surface area contributed by atoms with Gasteiger partial charge in [0.05, 0.1) is 8.49 Å². The van der Waals surface area contributed by atoms with Crippen LogP contribution in [0.25, 0.3) is 0 Å². The highest BCUT2D eigenvalue weighted by Crippen LogP contribution is 2.28. The number of halogens is 1. The lowest BCUT2D eigenvalue weighted by molar-refractivity contribution is -0.385. The van der Waals surface area contributed by atoms with Crippen molar-refractivity contribution >= 4 is 34.0 Å². The van der Waals surface area contributed by atoms with Crippen molar-refractivity contribution < 1.29 is 4.92 Å². The van der Waals surface area contributed by atoms with Crippen LogP contribution in [-0.4, -0.2) is 11.0 Å². The van der Waals surface area contributed by atoms with Crippen molar-refractivity contribution in [2.24, 2.45) is 5.92 Å². The minimum Gasteiger partial charge on any atom is -0.382 e. The fraction of sp³-hybridized carbons (Fsp3) is 0.538. The number of benzene rings is 1. The Morgan fingerprint density at radius 2 is 2.00 bits per heavy atom. The maximum absolute atomic E-state index is 10.7. The van der Waals surface area contributed by atoms with Gasteiger partial charge in [-0.1, -0.05) is 6.92 Å². The van der Waals surface area contributed by atoms with Crippen LogP contribution in [0.15, 0.2) is 18.2 Å². The van der Waals surface area contributed by atoms with Gasteiger partial charge < -0.3 is 5.32 Å². The second kappa shape index (κ2) is 5.86. The van der Waals surface area contributed by atoms with Crippen LogP contribution in [0.1, 0.15) is 32.6 Å². The molecule has 0 saturated heterocycles. The van der Waals surface area contributed by atoms with E-state index < -0.39 is 0 Å². The third-order valence-electron chi connectivity index (χ3n) is 3.53. The fourth-order valence-corrected chi connectivity index (χ4v) is 3.10. The first-order chi connectivity index (χ1) is 8.56. The lowest BCUT2D eigenvalue weighted by atomic mass is 9.87. The van der Waals surface area contributed by atoms with Crippen molar-refractivity contribution in [1.29, 1.82) is 0 Å². The van der Waals surface area contributed by atoms with Crippen molar-refractivity contribution in [2.45, 2.75) is 38.6 Å². The van der Waals surface area contributed by atoms with Crippen LogP contribution in [0.2, 0.25) is 0 Å². The third-order valence-corrected chi connectivity index (χ3v) is 4.40. The van der Waals surface area contributed by atoms with E-state index in [-0.39, 0.29) is 10.6 Å². The quantitative estimate of drug-likeness (QED) is 0.500. The average Bonchev–Trinajstić information content (AvgIpc) is 2.32. The van der Waals surface area contributed by atoms with Crippen LogP contribution >= 0.6 is 22.6 Å². The van der Waals surface area contributed by atoms with Gasteiger partial charge in [-0.25, -0.2) is 0 Å². The Kier molecular flexibility index (Phi) is 4.42. The maximum Gasteiger partial charge on any atom is 0.282 e. The van der Waals surface area contributed by atoms with Crippen molar-refractivity contribution in [2.75, 3.05) is 5.32 Å². The summed E-state index contributed by atoms with van der Waals surface area (Å²) in [7, 11) is 0. The SMILES string of the molecule is CC1CCC(Nc2ccc([N+](=O)[O-])c(I)c2)CC1. The molecule has 18 heavy (non-hydrogen) atoms. The second-order valence-electron chi connectivity index (χ2n) is 5.02. The largest absolute Gasteiger partial charge is 0.382 e. The number of hydrogen-bond acceptors (Lipinski definition) is 3. The van der Waals surface area contributed by atoms with Gasteiger partial charge >= 0.3 is 0 Å². The first kappa shape index (κ1) is 13.6. The molecule has 0 spiro atoms. The number of nitro groups is 1. The lowest BCUT2D eigenvalue weighted by Gasteiger charge is -2.27. The van der Waals surface area contributed by atoms with Gasteiger partial charge in [0, 0.05) is 17.8 Å². The number of rotatable bonds is 3. The van der Waals surface area contributed by atoms with E-state index in [1.54, 1.807) is 12.1 Å². The highest BCUT2D eigenvalue weighted by molar-refractivity contribution is 14.1. The molecule has 1 aliphatic rings. The molecule has 0 aromatic heterocycles. The van der Waals surface area contributed by atoms with Gasteiger partial charge in [0.1, 0.15) is 0 Å². The molecule has 98 valence electrons. The zero-order valence-electron chi connectivity index (χ0n) is 10.4. The van der Waals surface area contributed by atoms with E-state index in [0.29, 0.717) is 9.61 Å². The summed E-state index contributed by atoms with van der Waals surface area (Å²) in [5.74, 6) is 0.833.